The van der Waals surface area contributed by atoms with Crippen LogP contribution in [-0.2, 0) is 12.8 Å². The van der Waals surface area contributed by atoms with Crippen molar-refractivity contribution in [1.29, 1.82) is 0 Å². The number of nitrogens with zero attached hydrogens (tertiary/aromatic N) is 1. The van der Waals surface area contributed by atoms with E-state index >= 15 is 0 Å². The van der Waals surface area contributed by atoms with Crippen molar-refractivity contribution in [3.63, 3.8) is 0 Å². The first-order chi connectivity index (χ1) is 12.4. The molecule has 0 unspecified atom stereocenters. The highest BCUT2D eigenvalue weighted by Gasteiger charge is 2.34. The molecule has 2 aromatic carbocycles. The quantitative estimate of drug-likeness (QED) is 0.656. The van der Waals surface area contributed by atoms with Crippen LogP contribution >= 0.6 is 0 Å². The molecule has 1 aliphatic rings. The second-order valence-electron chi connectivity index (χ2n) is 6.78. The van der Waals surface area contributed by atoms with E-state index in [1.807, 2.05) is 24.3 Å². The number of likely N-dealkylation sites (N-methyl/N-ethyl adjacent to an activating group) is 1. The molecule has 26 heavy (non-hydrogen) atoms. The first-order valence-electron chi connectivity index (χ1n) is 8.56. The number of aromatic hydroxyl groups is 1. The maximum atomic E-state index is 13.1. The van der Waals surface area contributed by atoms with Crippen molar-refractivity contribution in [2.75, 3.05) is 34.9 Å². The number of quaternary nitrogens is 1. The molecule has 0 aliphatic carbocycles. The summed E-state index contributed by atoms with van der Waals surface area (Å²) in [7, 11) is 6.40. The molecule has 0 fully saturated rings. The summed E-state index contributed by atoms with van der Waals surface area (Å²) < 4.78 is 15.5. The summed E-state index contributed by atoms with van der Waals surface area (Å²) >= 11 is 0. The molecular formula is C20H25NO5. The average Bonchev–Trinajstić information content (AvgIpc) is 2.63. The van der Waals surface area contributed by atoms with Gasteiger partial charge in [-0.3, -0.25) is 0 Å². The van der Waals surface area contributed by atoms with Crippen LogP contribution in [-0.4, -0.2) is 44.7 Å². The van der Waals surface area contributed by atoms with Gasteiger partial charge in [0.05, 0.1) is 34.9 Å². The second kappa shape index (κ2) is 7.05. The highest BCUT2D eigenvalue weighted by molar-refractivity contribution is 5.49. The molecule has 0 radical (unpaired) electrons. The molecule has 1 N–H and O–H groups in total. The van der Waals surface area contributed by atoms with Gasteiger partial charge < -0.3 is 29.2 Å². The number of phenolic OH excluding ortho intramolecular Hbond substituents is 1. The Morgan fingerprint density at radius 3 is 2.38 bits per heavy atom. The van der Waals surface area contributed by atoms with Crippen LogP contribution < -0.4 is 14.2 Å². The zero-order valence-electron chi connectivity index (χ0n) is 15.6. The second-order valence-corrected chi connectivity index (χ2v) is 6.78. The van der Waals surface area contributed by atoms with E-state index in [1.54, 1.807) is 27.3 Å². The highest BCUT2D eigenvalue weighted by Crippen LogP contribution is 2.42. The Bertz CT molecular complexity index is 803. The third-order valence-electron chi connectivity index (χ3n) is 5.16. The van der Waals surface area contributed by atoms with Crippen molar-refractivity contribution in [3.8, 4) is 23.0 Å². The molecule has 2 aromatic rings. The number of phenols is 1. The van der Waals surface area contributed by atoms with Crippen LogP contribution in [0.1, 0.15) is 22.7 Å². The Morgan fingerprint density at radius 2 is 1.73 bits per heavy atom. The van der Waals surface area contributed by atoms with Crippen LogP contribution in [0.4, 0.5) is 0 Å². The summed E-state index contributed by atoms with van der Waals surface area (Å²) in [5.41, 5.74) is 2.91. The minimum Gasteiger partial charge on any atom is -0.633 e. The van der Waals surface area contributed by atoms with Crippen LogP contribution in [0.5, 0.6) is 23.0 Å². The minimum absolute atomic E-state index is 0.0606. The van der Waals surface area contributed by atoms with Crippen molar-refractivity contribution in [2.45, 2.75) is 18.9 Å². The fourth-order valence-electron chi connectivity index (χ4n) is 3.64. The summed E-state index contributed by atoms with van der Waals surface area (Å²) in [5, 5.41) is 23.3. The average molecular weight is 359 g/mol. The van der Waals surface area contributed by atoms with E-state index in [2.05, 4.69) is 0 Å². The molecule has 6 heteroatoms. The monoisotopic (exact) mass is 359 g/mol. The van der Waals surface area contributed by atoms with E-state index in [9.17, 15) is 10.3 Å². The smallest absolute Gasteiger partial charge is 0.160 e. The van der Waals surface area contributed by atoms with Gasteiger partial charge in [0.2, 0.25) is 0 Å². The molecule has 3 rings (SSSR count). The van der Waals surface area contributed by atoms with Crippen LogP contribution in [0.15, 0.2) is 30.3 Å². The van der Waals surface area contributed by atoms with Crippen LogP contribution in [0, 0.1) is 5.21 Å². The number of benzene rings is 2. The van der Waals surface area contributed by atoms with Crippen LogP contribution in [0.3, 0.4) is 0 Å². The summed E-state index contributed by atoms with van der Waals surface area (Å²) in [6, 6.07) is 8.89. The Labute approximate surface area is 153 Å². The number of fused-ring (bicyclic) bond motifs is 1. The lowest BCUT2D eigenvalue weighted by molar-refractivity contribution is -0.894. The Kier molecular flexibility index (Phi) is 4.98. The fourth-order valence-corrected chi connectivity index (χ4v) is 3.64. The number of hydrogen-bond donors (Lipinski definition) is 1. The standard InChI is InChI=1S/C20H25NO5/c1-21(23)8-7-14-11-19(25-3)17(22)12-15(14)16(21)9-13-5-6-18(24-2)20(10-13)26-4/h5-6,10-12,16,22H,7-9H2,1-4H3/t16-,21+/m0/s1. The summed E-state index contributed by atoms with van der Waals surface area (Å²) in [6.45, 7) is 0.485. The van der Waals surface area contributed by atoms with Gasteiger partial charge in [0.25, 0.3) is 0 Å². The first kappa shape index (κ1) is 18.4. The van der Waals surface area contributed by atoms with Gasteiger partial charge in [-0.1, -0.05) is 6.07 Å². The maximum absolute atomic E-state index is 13.1. The lowest BCUT2D eigenvalue weighted by atomic mass is 9.88. The minimum atomic E-state index is -0.382. The van der Waals surface area contributed by atoms with Crippen LogP contribution in [0.25, 0.3) is 0 Å². The number of ether oxygens (including phenoxy) is 3. The normalized spacial score (nSPS) is 21.8. The summed E-state index contributed by atoms with van der Waals surface area (Å²) in [6.07, 6.45) is 1.20. The molecule has 1 aliphatic heterocycles. The van der Waals surface area contributed by atoms with Crippen molar-refractivity contribution in [1.82, 2.24) is 0 Å². The molecule has 0 amide bonds. The van der Waals surface area contributed by atoms with Gasteiger partial charge in [-0.2, -0.15) is 0 Å². The number of hydrogen-bond acceptors (Lipinski definition) is 5. The Balaban J connectivity index is 2.00. The van der Waals surface area contributed by atoms with E-state index in [0.29, 0.717) is 36.6 Å². The van der Waals surface area contributed by atoms with E-state index in [0.717, 1.165) is 16.7 Å². The summed E-state index contributed by atoms with van der Waals surface area (Å²) in [5.74, 6) is 1.79. The van der Waals surface area contributed by atoms with Crippen LogP contribution in [0.2, 0.25) is 0 Å². The Morgan fingerprint density at radius 1 is 1.04 bits per heavy atom. The van der Waals surface area contributed by atoms with Gasteiger partial charge in [0.1, 0.15) is 6.04 Å². The predicted octanol–water partition coefficient (Wildman–Crippen LogP) is 3.20. The molecule has 0 saturated heterocycles. The maximum Gasteiger partial charge on any atom is 0.160 e. The third-order valence-corrected chi connectivity index (χ3v) is 5.16. The van der Waals surface area contributed by atoms with Crippen molar-refractivity contribution in [3.05, 3.63) is 52.2 Å². The fraction of sp³-hybridized carbons (Fsp3) is 0.400. The molecule has 0 spiro atoms. The lowest BCUT2D eigenvalue weighted by Gasteiger charge is -2.49. The van der Waals surface area contributed by atoms with Gasteiger partial charge in [0.15, 0.2) is 23.0 Å². The van der Waals surface area contributed by atoms with Gasteiger partial charge in [-0.15, -0.1) is 0 Å². The first-order valence-corrected chi connectivity index (χ1v) is 8.56. The summed E-state index contributed by atoms with van der Waals surface area (Å²) in [4.78, 5) is 0. The molecular weight excluding hydrogens is 334 g/mol. The molecule has 0 saturated carbocycles. The number of rotatable bonds is 5. The largest absolute Gasteiger partial charge is 0.633 e. The van der Waals surface area contributed by atoms with Gasteiger partial charge in [-0.05, 0) is 35.4 Å². The van der Waals surface area contributed by atoms with Crippen molar-refractivity contribution < 1.29 is 24.0 Å². The number of methoxy groups -OCH3 is 3. The molecule has 6 nitrogen and oxygen atoms in total. The van der Waals surface area contributed by atoms with E-state index < -0.39 is 0 Å². The molecule has 2 atom stereocenters. The SMILES string of the molecule is COc1cc2c(cc1O)[C@H](Cc1ccc(OC)c(OC)c1)[N@+](C)([O-])CC2. The van der Waals surface area contributed by atoms with Gasteiger partial charge in [0, 0.05) is 18.4 Å². The molecule has 1 heterocycles. The van der Waals surface area contributed by atoms with Crippen molar-refractivity contribution >= 4 is 0 Å². The molecule has 140 valence electrons. The van der Waals surface area contributed by atoms with Gasteiger partial charge in [-0.25, -0.2) is 0 Å². The lowest BCUT2D eigenvalue weighted by Crippen LogP contribution is -2.47. The molecule has 0 aromatic heterocycles. The van der Waals surface area contributed by atoms with E-state index in [1.165, 1.54) is 7.11 Å². The van der Waals surface area contributed by atoms with E-state index in [4.69, 9.17) is 14.2 Å². The zero-order valence-corrected chi connectivity index (χ0v) is 15.6. The molecule has 0 bridgehead atoms. The third kappa shape index (κ3) is 3.30. The predicted molar refractivity (Wildman–Crippen MR) is 98.8 cm³/mol. The van der Waals surface area contributed by atoms with Gasteiger partial charge >= 0.3 is 0 Å². The highest BCUT2D eigenvalue weighted by atomic mass is 16.5. The topological polar surface area (TPSA) is 71.0 Å². The van der Waals surface area contributed by atoms with Crippen molar-refractivity contribution in [2.24, 2.45) is 0 Å². The Hall–Kier alpha value is -2.44. The number of hydroxylamine groups is 3. The zero-order chi connectivity index (χ0) is 18.9. The van der Waals surface area contributed by atoms with E-state index in [-0.39, 0.29) is 16.4 Å².